The Morgan fingerprint density at radius 3 is 1.39 bits per heavy atom. The number of benzene rings is 5. The van der Waals surface area contributed by atoms with E-state index in [4.69, 9.17) is 67.5 Å². The van der Waals surface area contributed by atoms with E-state index in [2.05, 4.69) is 41.7 Å². The van der Waals surface area contributed by atoms with Crippen LogP contribution >= 0.6 is 58.0 Å². The van der Waals surface area contributed by atoms with Gasteiger partial charge in [-0.2, -0.15) is 20.5 Å². The van der Waals surface area contributed by atoms with E-state index in [1.54, 1.807) is 43.3 Å². The van der Waals surface area contributed by atoms with E-state index in [0.29, 0.717) is 52.8 Å². The van der Waals surface area contributed by atoms with Gasteiger partial charge in [0.1, 0.15) is 11.5 Å². The normalized spacial score (nSPS) is 12.5. The van der Waals surface area contributed by atoms with Crippen molar-refractivity contribution < 1.29 is 38.2 Å². The molecular weight excluding hydrogens is 994 g/mol. The number of hydrogen-bond donors (Lipinski definition) is 4. The Bertz CT molecular complexity index is 2820. The van der Waals surface area contributed by atoms with E-state index in [9.17, 15) is 28.8 Å². The molecule has 0 fully saturated rings. The zero-order valence-electron chi connectivity index (χ0n) is 37.7. The van der Waals surface area contributed by atoms with Gasteiger partial charge in [-0.1, -0.05) is 23.2 Å². The molecule has 5 rings (SSSR count). The molecule has 3 atom stereocenters. The molecule has 360 valence electrons. The molecule has 0 aromatic heterocycles. The molecule has 0 aliphatic carbocycles. The summed E-state index contributed by atoms with van der Waals surface area (Å²) in [6.07, 6.45) is 0. The SMILES string of the molecule is CCOc1ccc(NC(=O)c2cc(N=NC(C(C)=O)C(=O)Nc3ccc(NC(=O)C(N=Nc4ccc(Cl)c(C(=O)Nc5ccc(OCC)c(CCl)c5)c4)C(C)=O)c(C(C)Cl)c3)ccc2Cl)cc1CCl. The fourth-order valence-corrected chi connectivity index (χ4v) is 7.40. The van der Waals surface area contributed by atoms with E-state index in [1.165, 1.54) is 54.6 Å². The van der Waals surface area contributed by atoms with Crippen LogP contribution in [0.3, 0.4) is 0 Å². The summed E-state index contributed by atoms with van der Waals surface area (Å²) in [5.41, 5.74) is 3.28. The lowest BCUT2D eigenvalue weighted by molar-refractivity contribution is -0.127. The molecule has 21 heteroatoms. The second-order valence-electron chi connectivity index (χ2n) is 14.9. The van der Waals surface area contributed by atoms with Crippen molar-refractivity contribution in [3.8, 4) is 11.5 Å². The number of carbonyl (C=O) groups excluding carboxylic acids is 6. The molecule has 0 heterocycles. The minimum Gasteiger partial charge on any atom is -0.494 e. The highest BCUT2D eigenvalue weighted by molar-refractivity contribution is 6.35. The summed E-state index contributed by atoms with van der Waals surface area (Å²) in [6.45, 7) is 8.50. The lowest BCUT2D eigenvalue weighted by atomic mass is 10.1. The fraction of sp³-hybridized carbons (Fsp3) is 0.250. The molecule has 0 saturated carbocycles. The maximum atomic E-state index is 13.5. The highest BCUT2D eigenvalue weighted by Gasteiger charge is 2.27. The summed E-state index contributed by atoms with van der Waals surface area (Å²) in [5, 5.41) is 26.4. The van der Waals surface area contributed by atoms with Gasteiger partial charge in [-0.15, -0.1) is 34.8 Å². The maximum Gasteiger partial charge on any atom is 0.258 e. The largest absolute Gasteiger partial charge is 0.494 e. The number of alkyl halides is 3. The standard InChI is InChI=1S/C48H45Cl5N8O8/c1-6-68-41-16-11-30(18-28(41)23-49)54-45(64)36-21-33(8-13-38(36)52)58-60-43(26(4)62)47(66)56-32-10-15-40(35(20-32)25(3)51)57-48(67)44(27(5)63)61-59-34-9-14-39(53)37(22-34)46(65)55-31-12-17-42(69-7-2)29(19-31)24-50/h8-22,25,43-44H,6-7,23-24H2,1-5H3,(H,54,64)(H,55,65)(H,56,66)(H,57,67). The van der Waals surface area contributed by atoms with Crippen molar-refractivity contribution in [2.45, 2.75) is 63.8 Å². The van der Waals surface area contributed by atoms with Crippen LogP contribution in [0.5, 0.6) is 11.5 Å². The third-order valence-corrected chi connectivity index (χ3v) is 11.2. The van der Waals surface area contributed by atoms with Crippen molar-refractivity contribution in [3.63, 3.8) is 0 Å². The highest BCUT2D eigenvalue weighted by Crippen LogP contribution is 2.33. The summed E-state index contributed by atoms with van der Waals surface area (Å²) >= 11 is 31.4. The number of ether oxygens (including phenoxy) is 2. The number of carbonyl (C=O) groups is 6. The van der Waals surface area contributed by atoms with Gasteiger partial charge in [-0.25, -0.2) is 0 Å². The van der Waals surface area contributed by atoms with Crippen molar-refractivity contribution in [2.75, 3.05) is 34.5 Å². The summed E-state index contributed by atoms with van der Waals surface area (Å²) < 4.78 is 11.1. The van der Waals surface area contributed by atoms with Crippen LogP contribution < -0.4 is 30.7 Å². The molecule has 0 aliphatic rings. The van der Waals surface area contributed by atoms with Gasteiger partial charge in [-0.3, -0.25) is 28.8 Å². The Labute approximate surface area is 422 Å². The molecule has 5 aromatic rings. The predicted molar refractivity (Wildman–Crippen MR) is 269 cm³/mol. The van der Waals surface area contributed by atoms with Gasteiger partial charge in [0, 0.05) is 33.9 Å². The third-order valence-electron chi connectivity index (χ3n) is 9.76. The molecule has 0 bridgehead atoms. The number of rotatable bonds is 21. The molecule has 0 spiro atoms. The van der Waals surface area contributed by atoms with E-state index in [0.717, 1.165) is 13.8 Å². The molecule has 4 N–H and O–H groups in total. The van der Waals surface area contributed by atoms with Gasteiger partial charge in [0.15, 0.2) is 11.6 Å². The number of hydrogen-bond acceptors (Lipinski definition) is 12. The zero-order valence-corrected chi connectivity index (χ0v) is 41.4. The number of ketones is 2. The lowest BCUT2D eigenvalue weighted by Gasteiger charge is -2.17. The van der Waals surface area contributed by atoms with E-state index in [1.807, 2.05) is 13.8 Å². The molecule has 5 aromatic carbocycles. The van der Waals surface area contributed by atoms with Crippen LogP contribution in [-0.2, 0) is 30.9 Å². The van der Waals surface area contributed by atoms with Crippen LogP contribution in [0.1, 0.15) is 77.4 Å². The Morgan fingerprint density at radius 2 is 0.986 bits per heavy atom. The van der Waals surface area contributed by atoms with Crippen LogP contribution in [-0.4, -0.2) is 60.5 Å². The zero-order chi connectivity index (χ0) is 50.4. The van der Waals surface area contributed by atoms with E-state index < -0.39 is 52.7 Å². The van der Waals surface area contributed by atoms with Crippen molar-refractivity contribution in [1.82, 2.24) is 0 Å². The summed E-state index contributed by atoms with van der Waals surface area (Å²) in [5.74, 6) is -2.63. The molecule has 16 nitrogen and oxygen atoms in total. The topological polar surface area (TPSA) is 218 Å². The van der Waals surface area contributed by atoms with Gasteiger partial charge in [-0.05, 0) is 131 Å². The average Bonchev–Trinajstić information content (AvgIpc) is 3.31. The maximum absolute atomic E-state index is 13.5. The predicted octanol–water partition coefficient (Wildman–Crippen LogP) is 12.4. The molecule has 69 heavy (non-hydrogen) atoms. The highest BCUT2D eigenvalue weighted by atomic mass is 35.5. The number of nitrogens with one attached hydrogen (secondary N) is 4. The first kappa shape index (κ1) is 53.5. The summed E-state index contributed by atoms with van der Waals surface area (Å²) in [6, 6.07) is 19.6. The van der Waals surface area contributed by atoms with Crippen molar-refractivity contribution in [3.05, 3.63) is 129 Å². The first-order valence-corrected chi connectivity index (χ1v) is 23.3. The summed E-state index contributed by atoms with van der Waals surface area (Å²) in [7, 11) is 0. The van der Waals surface area contributed by atoms with Gasteiger partial charge in [0.2, 0.25) is 12.1 Å². The molecule has 0 aliphatic heterocycles. The van der Waals surface area contributed by atoms with Crippen LogP contribution in [0.4, 0.5) is 34.1 Å². The number of Topliss-reactive ketones (excluding diaryl/α,β-unsaturated/α-hetero) is 2. The first-order valence-electron chi connectivity index (χ1n) is 21.0. The number of halogens is 5. The Kier molecular flexibility index (Phi) is 19.6. The molecule has 0 saturated heterocycles. The molecule has 0 radical (unpaired) electrons. The Hall–Kier alpha value is -6.43. The smallest absolute Gasteiger partial charge is 0.258 e. The fourth-order valence-electron chi connectivity index (χ4n) is 6.39. The number of nitrogens with zero attached hydrogens (tertiary/aromatic N) is 4. The molecule has 4 amide bonds. The van der Waals surface area contributed by atoms with Gasteiger partial charge < -0.3 is 30.7 Å². The van der Waals surface area contributed by atoms with Gasteiger partial charge in [0.25, 0.3) is 23.6 Å². The third kappa shape index (κ3) is 14.5. The van der Waals surface area contributed by atoms with E-state index >= 15 is 0 Å². The molecule has 3 unspecified atom stereocenters. The minimum atomic E-state index is -1.62. The van der Waals surface area contributed by atoms with Gasteiger partial charge in [0.05, 0.1) is 62.9 Å². The first-order chi connectivity index (χ1) is 33.0. The lowest BCUT2D eigenvalue weighted by Crippen LogP contribution is -2.32. The van der Waals surface area contributed by atoms with Crippen molar-refractivity contribution >= 4 is 127 Å². The Morgan fingerprint density at radius 1 is 0.565 bits per heavy atom. The van der Waals surface area contributed by atoms with E-state index in [-0.39, 0.29) is 55.7 Å². The average molecular weight is 1040 g/mol. The van der Waals surface area contributed by atoms with Crippen LogP contribution in [0.15, 0.2) is 111 Å². The monoisotopic (exact) mass is 1040 g/mol. The van der Waals surface area contributed by atoms with Gasteiger partial charge >= 0.3 is 0 Å². The van der Waals surface area contributed by atoms with Crippen molar-refractivity contribution in [1.29, 1.82) is 0 Å². The number of azo groups is 2. The second-order valence-corrected chi connectivity index (χ2v) is 16.9. The van der Waals surface area contributed by atoms with Crippen LogP contribution in [0.2, 0.25) is 10.0 Å². The Balaban J connectivity index is 1.27. The summed E-state index contributed by atoms with van der Waals surface area (Å²) in [4.78, 5) is 78.9. The van der Waals surface area contributed by atoms with Crippen molar-refractivity contribution in [2.24, 2.45) is 20.5 Å². The quantitative estimate of drug-likeness (QED) is 0.0314. The number of amides is 4. The van der Waals surface area contributed by atoms with Crippen LogP contribution in [0.25, 0.3) is 0 Å². The second kappa shape index (κ2) is 25.3. The molecular formula is C48H45Cl5N8O8. The number of anilines is 4. The van der Waals surface area contributed by atoms with Crippen LogP contribution in [0, 0.1) is 0 Å². The minimum absolute atomic E-state index is 0.0458.